The van der Waals surface area contributed by atoms with Gasteiger partial charge in [0.25, 0.3) is 0 Å². The predicted octanol–water partition coefficient (Wildman–Crippen LogP) is 3.80. The van der Waals surface area contributed by atoms with Crippen LogP contribution in [-0.2, 0) is 0 Å². The van der Waals surface area contributed by atoms with E-state index in [1.165, 1.54) is 12.8 Å². The number of rotatable bonds is 9. The fraction of sp³-hybridized carbons (Fsp3) is 0.647. The van der Waals surface area contributed by atoms with Crippen molar-refractivity contribution in [1.29, 1.82) is 0 Å². The Bertz CT molecular complexity index is 434. The molecule has 2 unspecified atom stereocenters. The summed E-state index contributed by atoms with van der Waals surface area (Å²) in [6, 6.07) is 4.23. The van der Waals surface area contributed by atoms with Gasteiger partial charge in [0, 0.05) is 11.6 Å². The fourth-order valence-electron chi connectivity index (χ4n) is 2.81. The Hall–Kier alpha value is -1.42. The second-order valence-corrected chi connectivity index (χ2v) is 5.39. The molecule has 2 atom stereocenters. The van der Waals surface area contributed by atoms with Crippen LogP contribution in [0.5, 0.6) is 17.2 Å². The SMILES string of the molecule is CCCC(C)CC(NC)c1ccc(OC)c(OC)c1OC. The van der Waals surface area contributed by atoms with Gasteiger partial charge in [-0.05, 0) is 31.5 Å². The lowest BCUT2D eigenvalue weighted by molar-refractivity contribution is 0.316. The molecule has 0 aromatic heterocycles. The first-order valence-electron chi connectivity index (χ1n) is 7.58. The number of hydrogen-bond donors (Lipinski definition) is 1. The van der Waals surface area contributed by atoms with Gasteiger partial charge in [0.1, 0.15) is 0 Å². The molecular formula is C17H29NO3. The number of methoxy groups -OCH3 is 3. The quantitative estimate of drug-likeness (QED) is 0.752. The Morgan fingerprint density at radius 2 is 1.71 bits per heavy atom. The van der Waals surface area contributed by atoms with Crippen LogP contribution in [0.2, 0.25) is 0 Å². The van der Waals surface area contributed by atoms with Crippen molar-refractivity contribution in [3.05, 3.63) is 17.7 Å². The summed E-state index contributed by atoms with van der Waals surface area (Å²) in [5.41, 5.74) is 1.11. The summed E-state index contributed by atoms with van der Waals surface area (Å²) in [5, 5.41) is 3.39. The van der Waals surface area contributed by atoms with Gasteiger partial charge in [-0.3, -0.25) is 0 Å². The molecule has 0 bridgehead atoms. The molecule has 0 fully saturated rings. The fourth-order valence-corrected chi connectivity index (χ4v) is 2.81. The minimum atomic E-state index is 0.237. The van der Waals surface area contributed by atoms with Gasteiger partial charge >= 0.3 is 0 Å². The largest absolute Gasteiger partial charge is 0.493 e. The van der Waals surface area contributed by atoms with Crippen LogP contribution in [0.25, 0.3) is 0 Å². The molecular weight excluding hydrogens is 266 g/mol. The third-order valence-electron chi connectivity index (χ3n) is 3.88. The summed E-state index contributed by atoms with van der Waals surface area (Å²) in [6.45, 7) is 4.52. The lowest BCUT2D eigenvalue weighted by atomic mass is 9.92. The van der Waals surface area contributed by atoms with Crippen molar-refractivity contribution in [2.24, 2.45) is 5.92 Å². The standard InChI is InChI=1S/C17H29NO3/c1-7-8-12(2)11-14(18-3)13-9-10-15(19-4)17(21-6)16(13)20-5/h9-10,12,14,18H,7-8,11H2,1-6H3. The number of nitrogens with one attached hydrogen (secondary N) is 1. The molecule has 0 aliphatic heterocycles. The van der Waals surface area contributed by atoms with Crippen molar-refractivity contribution in [3.8, 4) is 17.2 Å². The average Bonchev–Trinajstić information content (AvgIpc) is 2.51. The van der Waals surface area contributed by atoms with E-state index in [-0.39, 0.29) is 6.04 Å². The van der Waals surface area contributed by atoms with Crippen LogP contribution in [0.3, 0.4) is 0 Å². The Kier molecular flexibility index (Phi) is 7.37. The zero-order valence-electron chi connectivity index (χ0n) is 14.2. The highest BCUT2D eigenvalue weighted by Crippen LogP contribution is 2.43. The highest BCUT2D eigenvalue weighted by molar-refractivity contribution is 5.56. The Labute approximate surface area is 128 Å². The van der Waals surface area contributed by atoms with Gasteiger partial charge in [0.15, 0.2) is 11.5 Å². The maximum absolute atomic E-state index is 5.59. The first-order chi connectivity index (χ1) is 10.1. The van der Waals surface area contributed by atoms with E-state index in [1.54, 1.807) is 21.3 Å². The third-order valence-corrected chi connectivity index (χ3v) is 3.88. The van der Waals surface area contributed by atoms with E-state index in [0.29, 0.717) is 17.4 Å². The summed E-state index contributed by atoms with van der Waals surface area (Å²) in [6.07, 6.45) is 3.50. The first-order valence-corrected chi connectivity index (χ1v) is 7.58. The van der Waals surface area contributed by atoms with Gasteiger partial charge in [-0.25, -0.2) is 0 Å². The molecule has 0 saturated heterocycles. The molecule has 21 heavy (non-hydrogen) atoms. The minimum absolute atomic E-state index is 0.237. The summed E-state index contributed by atoms with van der Waals surface area (Å²) >= 11 is 0. The number of ether oxygens (including phenoxy) is 3. The van der Waals surface area contributed by atoms with Gasteiger partial charge in [-0.1, -0.05) is 26.7 Å². The van der Waals surface area contributed by atoms with Crippen LogP contribution in [0.1, 0.15) is 44.7 Å². The number of benzene rings is 1. The van der Waals surface area contributed by atoms with Gasteiger partial charge < -0.3 is 19.5 Å². The minimum Gasteiger partial charge on any atom is -0.493 e. The topological polar surface area (TPSA) is 39.7 Å². The third kappa shape index (κ3) is 4.27. The van der Waals surface area contributed by atoms with E-state index in [0.717, 1.165) is 17.7 Å². The van der Waals surface area contributed by atoms with Gasteiger partial charge in [-0.2, -0.15) is 0 Å². The van der Waals surface area contributed by atoms with Crippen LogP contribution in [0.15, 0.2) is 12.1 Å². The van der Waals surface area contributed by atoms with E-state index in [1.807, 2.05) is 13.1 Å². The lowest BCUT2D eigenvalue weighted by Crippen LogP contribution is -2.20. The Balaban J connectivity index is 3.14. The molecule has 1 rings (SSSR count). The zero-order chi connectivity index (χ0) is 15.8. The number of hydrogen-bond acceptors (Lipinski definition) is 4. The molecule has 4 nitrogen and oxygen atoms in total. The second kappa shape index (κ2) is 8.78. The lowest BCUT2D eigenvalue weighted by Gasteiger charge is -2.24. The molecule has 1 aromatic carbocycles. The molecule has 120 valence electrons. The van der Waals surface area contributed by atoms with E-state index >= 15 is 0 Å². The zero-order valence-corrected chi connectivity index (χ0v) is 14.2. The van der Waals surface area contributed by atoms with Gasteiger partial charge in [-0.15, -0.1) is 0 Å². The van der Waals surface area contributed by atoms with Crippen LogP contribution in [0, 0.1) is 5.92 Å². The highest BCUT2D eigenvalue weighted by Gasteiger charge is 2.22. The normalized spacial score (nSPS) is 13.6. The molecule has 0 heterocycles. The van der Waals surface area contributed by atoms with Crippen LogP contribution in [0.4, 0.5) is 0 Å². The second-order valence-electron chi connectivity index (χ2n) is 5.39. The summed E-state index contributed by atoms with van der Waals surface area (Å²) < 4.78 is 16.4. The molecule has 1 N–H and O–H groups in total. The Morgan fingerprint density at radius 3 is 2.19 bits per heavy atom. The van der Waals surface area contributed by atoms with Crippen LogP contribution >= 0.6 is 0 Å². The van der Waals surface area contributed by atoms with Crippen LogP contribution < -0.4 is 19.5 Å². The average molecular weight is 295 g/mol. The van der Waals surface area contributed by atoms with Crippen molar-refractivity contribution in [1.82, 2.24) is 5.32 Å². The molecule has 0 radical (unpaired) electrons. The van der Waals surface area contributed by atoms with E-state index < -0.39 is 0 Å². The van der Waals surface area contributed by atoms with E-state index in [4.69, 9.17) is 14.2 Å². The molecule has 0 spiro atoms. The predicted molar refractivity (Wildman–Crippen MR) is 86.6 cm³/mol. The van der Waals surface area contributed by atoms with Crippen molar-refractivity contribution in [3.63, 3.8) is 0 Å². The maximum Gasteiger partial charge on any atom is 0.203 e. The van der Waals surface area contributed by atoms with E-state index in [9.17, 15) is 0 Å². The van der Waals surface area contributed by atoms with Crippen LogP contribution in [-0.4, -0.2) is 28.4 Å². The summed E-state index contributed by atoms with van der Waals surface area (Å²) in [7, 11) is 6.93. The van der Waals surface area contributed by atoms with Gasteiger partial charge in [0.2, 0.25) is 5.75 Å². The molecule has 4 heteroatoms. The maximum atomic E-state index is 5.59. The first kappa shape index (κ1) is 17.6. The molecule has 1 aromatic rings. The molecule has 0 amide bonds. The Morgan fingerprint density at radius 1 is 1.05 bits per heavy atom. The van der Waals surface area contributed by atoms with Crippen molar-refractivity contribution in [2.75, 3.05) is 28.4 Å². The van der Waals surface area contributed by atoms with Crippen molar-refractivity contribution in [2.45, 2.75) is 39.2 Å². The molecule has 0 aliphatic carbocycles. The highest BCUT2D eigenvalue weighted by atomic mass is 16.5. The van der Waals surface area contributed by atoms with Crippen molar-refractivity contribution < 1.29 is 14.2 Å². The summed E-state index contributed by atoms with van der Waals surface area (Å²) in [5.74, 6) is 2.75. The molecule has 0 aliphatic rings. The summed E-state index contributed by atoms with van der Waals surface area (Å²) in [4.78, 5) is 0. The monoisotopic (exact) mass is 295 g/mol. The van der Waals surface area contributed by atoms with E-state index in [2.05, 4.69) is 25.2 Å². The molecule has 0 saturated carbocycles. The smallest absolute Gasteiger partial charge is 0.203 e. The van der Waals surface area contributed by atoms with Gasteiger partial charge in [0.05, 0.1) is 21.3 Å². The van der Waals surface area contributed by atoms with Crippen molar-refractivity contribution >= 4 is 0 Å².